The van der Waals surface area contributed by atoms with E-state index in [9.17, 15) is 4.79 Å². The summed E-state index contributed by atoms with van der Waals surface area (Å²) in [5.41, 5.74) is 6.37. The Labute approximate surface area is 95.8 Å². The van der Waals surface area contributed by atoms with E-state index < -0.39 is 0 Å². The van der Waals surface area contributed by atoms with Crippen molar-refractivity contribution in [1.82, 2.24) is 5.32 Å². The zero-order valence-corrected chi connectivity index (χ0v) is 9.69. The molecule has 1 aromatic rings. The first-order valence-corrected chi connectivity index (χ1v) is 5.28. The van der Waals surface area contributed by atoms with E-state index in [1.54, 1.807) is 14.0 Å². The first-order chi connectivity index (χ1) is 7.69. The summed E-state index contributed by atoms with van der Waals surface area (Å²) < 4.78 is 5.19. The number of ether oxygens (including phenoxy) is 1. The van der Waals surface area contributed by atoms with Crippen LogP contribution in [0.3, 0.4) is 0 Å². The number of amides is 1. The van der Waals surface area contributed by atoms with Crippen molar-refractivity contribution < 1.29 is 9.53 Å². The molecule has 0 radical (unpaired) electrons. The molecule has 1 unspecified atom stereocenters. The van der Waals surface area contributed by atoms with Gasteiger partial charge in [0.1, 0.15) is 5.75 Å². The van der Waals surface area contributed by atoms with Crippen molar-refractivity contribution in [3.05, 3.63) is 29.8 Å². The minimum atomic E-state index is -0.158. The van der Waals surface area contributed by atoms with E-state index in [0.29, 0.717) is 13.1 Å². The molecule has 1 rings (SSSR count). The summed E-state index contributed by atoms with van der Waals surface area (Å²) in [6.45, 7) is 2.63. The quantitative estimate of drug-likeness (QED) is 0.778. The summed E-state index contributed by atoms with van der Waals surface area (Å²) in [5.74, 6) is 0.589. The van der Waals surface area contributed by atoms with Gasteiger partial charge in [-0.3, -0.25) is 4.79 Å². The number of hydrogen-bond donors (Lipinski definition) is 2. The summed E-state index contributed by atoms with van der Waals surface area (Å²) >= 11 is 0. The van der Waals surface area contributed by atoms with Gasteiger partial charge in [-0.1, -0.05) is 25.1 Å². The van der Waals surface area contributed by atoms with E-state index in [2.05, 4.69) is 5.32 Å². The van der Waals surface area contributed by atoms with Crippen molar-refractivity contribution >= 4 is 5.91 Å². The zero-order chi connectivity index (χ0) is 12.0. The summed E-state index contributed by atoms with van der Waals surface area (Å²) in [6.07, 6.45) is 0. The molecule has 0 bridgehead atoms. The van der Waals surface area contributed by atoms with Crippen LogP contribution in [0.1, 0.15) is 12.5 Å². The first kappa shape index (κ1) is 12.5. The molecule has 1 atom stereocenters. The van der Waals surface area contributed by atoms with Gasteiger partial charge in [0.15, 0.2) is 0 Å². The van der Waals surface area contributed by atoms with Crippen molar-refractivity contribution in [2.75, 3.05) is 13.7 Å². The van der Waals surface area contributed by atoms with Crippen LogP contribution >= 0.6 is 0 Å². The molecule has 0 aliphatic heterocycles. The minimum absolute atomic E-state index is 0.0339. The molecular weight excluding hydrogens is 204 g/mol. The molecule has 16 heavy (non-hydrogen) atoms. The Morgan fingerprint density at radius 3 is 2.81 bits per heavy atom. The molecule has 0 spiro atoms. The van der Waals surface area contributed by atoms with Gasteiger partial charge >= 0.3 is 0 Å². The zero-order valence-electron chi connectivity index (χ0n) is 9.69. The number of carbonyl (C=O) groups is 1. The third-order valence-electron chi connectivity index (χ3n) is 2.45. The number of para-hydroxylation sites is 1. The lowest BCUT2D eigenvalue weighted by atomic mass is 10.1. The van der Waals surface area contributed by atoms with Gasteiger partial charge in [-0.2, -0.15) is 0 Å². The van der Waals surface area contributed by atoms with E-state index >= 15 is 0 Å². The van der Waals surface area contributed by atoms with Gasteiger partial charge in [0, 0.05) is 24.6 Å². The van der Waals surface area contributed by atoms with Crippen molar-refractivity contribution in [3.8, 4) is 5.75 Å². The van der Waals surface area contributed by atoms with Crippen LogP contribution in [-0.2, 0) is 11.3 Å². The van der Waals surface area contributed by atoms with Crippen molar-refractivity contribution in [3.63, 3.8) is 0 Å². The monoisotopic (exact) mass is 222 g/mol. The average molecular weight is 222 g/mol. The van der Waals surface area contributed by atoms with Crippen molar-refractivity contribution in [1.29, 1.82) is 0 Å². The number of nitrogens with two attached hydrogens (primary N) is 1. The van der Waals surface area contributed by atoms with Gasteiger partial charge < -0.3 is 15.8 Å². The van der Waals surface area contributed by atoms with Crippen LogP contribution in [-0.4, -0.2) is 19.6 Å². The fraction of sp³-hybridized carbons (Fsp3) is 0.417. The van der Waals surface area contributed by atoms with Crippen LogP contribution in [0.25, 0.3) is 0 Å². The van der Waals surface area contributed by atoms with E-state index in [4.69, 9.17) is 10.5 Å². The predicted octanol–water partition coefficient (Wildman–Crippen LogP) is 0.906. The van der Waals surface area contributed by atoms with Gasteiger partial charge in [-0.05, 0) is 6.07 Å². The highest BCUT2D eigenvalue weighted by Crippen LogP contribution is 2.16. The smallest absolute Gasteiger partial charge is 0.224 e. The topological polar surface area (TPSA) is 64.3 Å². The fourth-order valence-electron chi connectivity index (χ4n) is 1.31. The highest BCUT2D eigenvalue weighted by atomic mass is 16.5. The number of carbonyl (C=O) groups excluding carboxylic acids is 1. The highest BCUT2D eigenvalue weighted by Gasteiger charge is 2.10. The molecule has 0 saturated carbocycles. The lowest BCUT2D eigenvalue weighted by Crippen LogP contribution is -2.32. The van der Waals surface area contributed by atoms with E-state index in [0.717, 1.165) is 11.3 Å². The maximum absolute atomic E-state index is 11.5. The van der Waals surface area contributed by atoms with E-state index in [1.165, 1.54) is 0 Å². The number of methoxy groups -OCH3 is 1. The van der Waals surface area contributed by atoms with Crippen molar-refractivity contribution in [2.45, 2.75) is 13.5 Å². The SMILES string of the molecule is COc1ccccc1CNC(=O)C(C)CN. The predicted molar refractivity (Wildman–Crippen MR) is 63.1 cm³/mol. The van der Waals surface area contributed by atoms with Gasteiger partial charge in [0.05, 0.1) is 7.11 Å². The normalized spacial score (nSPS) is 11.9. The third-order valence-corrected chi connectivity index (χ3v) is 2.45. The summed E-state index contributed by atoms with van der Waals surface area (Å²) in [5, 5.41) is 2.83. The van der Waals surface area contributed by atoms with E-state index in [-0.39, 0.29) is 11.8 Å². The van der Waals surface area contributed by atoms with Crippen LogP contribution < -0.4 is 15.8 Å². The van der Waals surface area contributed by atoms with Crippen LogP contribution in [0, 0.1) is 5.92 Å². The summed E-state index contributed by atoms with van der Waals surface area (Å²) in [4.78, 5) is 11.5. The van der Waals surface area contributed by atoms with Crippen LogP contribution in [0.5, 0.6) is 5.75 Å². The second-order valence-corrected chi connectivity index (χ2v) is 3.67. The van der Waals surface area contributed by atoms with Gasteiger partial charge in [-0.15, -0.1) is 0 Å². The molecule has 4 heteroatoms. The number of benzene rings is 1. The van der Waals surface area contributed by atoms with Crippen LogP contribution in [0.2, 0.25) is 0 Å². The molecular formula is C12H18N2O2. The first-order valence-electron chi connectivity index (χ1n) is 5.28. The number of hydrogen-bond acceptors (Lipinski definition) is 3. The van der Waals surface area contributed by atoms with Crippen molar-refractivity contribution in [2.24, 2.45) is 11.7 Å². The molecule has 4 nitrogen and oxygen atoms in total. The second kappa shape index (κ2) is 6.12. The third kappa shape index (κ3) is 3.24. The largest absolute Gasteiger partial charge is 0.496 e. The Morgan fingerprint density at radius 2 is 2.19 bits per heavy atom. The molecule has 1 aromatic carbocycles. The van der Waals surface area contributed by atoms with Gasteiger partial charge in [0.2, 0.25) is 5.91 Å². The van der Waals surface area contributed by atoms with E-state index in [1.807, 2.05) is 24.3 Å². The fourth-order valence-corrected chi connectivity index (χ4v) is 1.31. The Morgan fingerprint density at radius 1 is 1.50 bits per heavy atom. The Hall–Kier alpha value is -1.55. The molecule has 1 amide bonds. The van der Waals surface area contributed by atoms with Gasteiger partial charge in [-0.25, -0.2) is 0 Å². The highest BCUT2D eigenvalue weighted by molar-refractivity contribution is 5.78. The molecule has 0 saturated heterocycles. The lowest BCUT2D eigenvalue weighted by Gasteiger charge is -2.12. The Kier molecular flexibility index (Phi) is 4.79. The van der Waals surface area contributed by atoms with Crippen LogP contribution in [0.15, 0.2) is 24.3 Å². The standard InChI is InChI=1S/C12H18N2O2/c1-9(7-13)12(15)14-8-10-5-3-4-6-11(10)16-2/h3-6,9H,7-8,13H2,1-2H3,(H,14,15). The summed E-state index contributed by atoms with van der Waals surface area (Å²) in [7, 11) is 1.61. The maximum atomic E-state index is 11.5. The lowest BCUT2D eigenvalue weighted by molar-refractivity contribution is -0.124. The van der Waals surface area contributed by atoms with Gasteiger partial charge in [0.25, 0.3) is 0 Å². The molecule has 3 N–H and O–H groups in total. The molecule has 0 heterocycles. The minimum Gasteiger partial charge on any atom is -0.496 e. The Balaban J connectivity index is 2.57. The molecule has 0 aliphatic rings. The molecule has 0 aliphatic carbocycles. The molecule has 88 valence electrons. The summed E-state index contributed by atoms with van der Waals surface area (Å²) in [6, 6.07) is 7.60. The maximum Gasteiger partial charge on any atom is 0.224 e. The molecule has 0 fully saturated rings. The average Bonchev–Trinajstić information content (AvgIpc) is 2.35. The number of nitrogens with one attached hydrogen (secondary N) is 1. The number of rotatable bonds is 5. The second-order valence-electron chi connectivity index (χ2n) is 3.67. The Bertz CT molecular complexity index is 353. The van der Waals surface area contributed by atoms with Crippen LogP contribution in [0.4, 0.5) is 0 Å². The molecule has 0 aromatic heterocycles.